The Hall–Kier alpha value is -3.15. The lowest BCUT2D eigenvalue weighted by molar-refractivity contribution is 0.103. The summed E-state index contributed by atoms with van der Waals surface area (Å²) in [5, 5.41) is 12.6. The van der Waals surface area contributed by atoms with Crippen molar-refractivity contribution in [1.29, 1.82) is 0 Å². The number of nitrogens with one attached hydrogen (secondary N) is 1. The highest BCUT2D eigenvalue weighted by Gasteiger charge is 2.28. The van der Waals surface area contributed by atoms with E-state index in [-0.39, 0.29) is 24.3 Å². The van der Waals surface area contributed by atoms with Crippen molar-refractivity contribution >= 4 is 21.9 Å². The van der Waals surface area contributed by atoms with E-state index in [0.29, 0.717) is 30.0 Å². The predicted octanol–water partition coefficient (Wildman–Crippen LogP) is 1.75. The maximum atomic E-state index is 13.1. The van der Waals surface area contributed by atoms with Crippen LogP contribution in [0, 0.1) is 5.92 Å². The van der Waals surface area contributed by atoms with Gasteiger partial charge in [0.1, 0.15) is 17.8 Å². The number of hydrogen-bond donors (Lipinski definition) is 2. The van der Waals surface area contributed by atoms with Gasteiger partial charge < -0.3 is 5.32 Å². The van der Waals surface area contributed by atoms with E-state index in [2.05, 4.69) is 20.4 Å². The summed E-state index contributed by atoms with van der Waals surface area (Å²) in [7, 11) is -3.95. The summed E-state index contributed by atoms with van der Waals surface area (Å²) in [5.41, 5.74) is 1.73. The molecule has 11 heteroatoms. The molecule has 1 fully saturated rings. The number of carbonyl (C=O) groups is 1. The van der Waals surface area contributed by atoms with E-state index in [0.717, 1.165) is 18.4 Å². The van der Waals surface area contributed by atoms with Crippen LogP contribution in [0.15, 0.2) is 55.1 Å². The third kappa shape index (κ3) is 5.75. The first kappa shape index (κ1) is 22.1. The van der Waals surface area contributed by atoms with Crippen LogP contribution in [0.4, 0.5) is 5.82 Å². The van der Waals surface area contributed by atoms with Crippen molar-refractivity contribution in [2.24, 2.45) is 11.1 Å². The van der Waals surface area contributed by atoms with Gasteiger partial charge >= 0.3 is 10.3 Å². The number of benzene rings is 1. The fraction of sp³-hybridized carbons (Fsp3) is 0.333. The molecule has 1 aromatic carbocycles. The number of hydrogen-bond acceptors (Lipinski definition) is 8. The maximum absolute atomic E-state index is 13.1. The molecule has 168 valence electrons. The highest BCUT2D eigenvalue weighted by atomic mass is 32.2. The molecule has 3 aromatic rings. The molecule has 2 atom stereocenters. The molecule has 0 saturated heterocycles. The van der Waals surface area contributed by atoms with Gasteiger partial charge in [-0.2, -0.15) is 13.5 Å². The fourth-order valence-corrected chi connectivity index (χ4v) is 4.21. The lowest BCUT2D eigenvalue weighted by Crippen LogP contribution is -2.22. The number of ketones is 1. The first-order valence-corrected chi connectivity index (χ1v) is 11.7. The second-order valence-corrected chi connectivity index (χ2v) is 9.02. The lowest BCUT2D eigenvalue weighted by atomic mass is 10.1. The van der Waals surface area contributed by atoms with Crippen LogP contribution in [0.2, 0.25) is 0 Å². The number of nitrogens with zero attached hydrogens (tertiary/aromatic N) is 4. The molecule has 2 heterocycles. The summed E-state index contributed by atoms with van der Waals surface area (Å²) in [4.78, 5) is 21.3. The van der Waals surface area contributed by atoms with E-state index >= 15 is 0 Å². The summed E-state index contributed by atoms with van der Waals surface area (Å²) < 4.78 is 28.4. The Kier molecular flexibility index (Phi) is 6.58. The van der Waals surface area contributed by atoms with Gasteiger partial charge in [-0.25, -0.2) is 15.1 Å². The average molecular weight is 457 g/mol. The van der Waals surface area contributed by atoms with Crippen LogP contribution in [0.1, 0.15) is 40.9 Å². The molecule has 1 aliphatic rings. The third-order valence-corrected chi connectivity index (χ3v) is 5.83. The molecule has 0 bridgehead atoms. The SMILES string of the molecule is NS(=O)(=O)OC[C@@H]1CC[C@H](Nc2ncncc2C(=O)c2ccn(Cc3ccccc3)n2)C1. The van der Waals surface area contributed by atoms with E-state index in [1.54, 1.807) is 16.9 Å². The van der Waals surface area contributed by atoms with Crippen molar-refractivity contribution in [3.63, 3.8) is 0 Å². The monoisotopic (exact) mass is 456 g/mol. The van der Waals surface area contributed by atoms with E-state index < -0.39 is 10.3 Å². The summed E-state index contributed by atoms with van der Waals surface area (Å²) >= 11 is 0. The van der Waals surface area contributed by atoms with Crippen LogP contribution in [0.3, 0.4) is 0 Å². The van der Waals surface area contributed by atoms with E-state index in [1.807, 2.05) is 30.3 Å². The Morgan fingerprint density at radius 2 is 2.03 bits per heavy atom. The molecule has 0 amide bonds. The van der Waals surface area contributed by atoms with Crippen LogP contribution in [0.5, 0.6) is 0 Å². The number of anilines is 1. The molecule has 1 aliphatic carbocycles. The molecule has 4 rings (SSSR count). The Balaban J connectivity index is 1.42. The molecule has 0 radical (unpaired) electrons. The smallest absolute Gasteiger partial charge is 0.333 e. The molecule has 0 spiro atoms. The van der Waals surface area contributed by atoms with Gasteiger partial charge in [0.15, 0.2) is 0 Å². The van der Waals surface area contributed by atoms with Crippen molar-refractivity contribution in [1.82, 2.24) is 19.7 Å². The summed E-state index contributed by atoms with van der Waals surface area (Å²) in [6, 6.07) is 11.6. The Morgan fingerprint density at radius 3 is 2.81 bits per heavy atom. The van der Waals surface area contributed by atoms with Crippen molar-refractivity contribution in [2.45, 2.75) is 31.8 Å². The molecule has 32 heavy (non-hydrogen) atoms. The van der Waals surface area contributed by atoms with Gasteiger partial charge in [0.05, 0.1) is 18.7 Å². The summed E-state index contributed by atoms with van der Waals surface area (Å²) in [5.74, 6) is 0.216. The summed E-state index contributed by atoms with van der Waals surface area (Å²) in [6.45, 7) is 0.611. The highest BCUT2D eigenvalue weighted by Crippen LogP contribution is 2.29. The minimum Gasteiger partial charge on any atom is -0.367 e. The van der Waals surface area contributed by atoms with E-state index in [4.69, 9.17) is 9.32 Å². The van der Waals surface area contributed by atoms with Gasteiger partial charge in [-0.15, -0.1) is 0 Å². The number of nitrogens with two attached hydrogens (primary N) is 1. The summed E-state index contributed by atoms with van der Waals surface area (Å²) in [6.07, 6.45) is 6.88. The second-order valence-electron chi connectivity index (χ2n) is 7.80. The minimum absolute atomic E-state index is 0.0289. The second kappa shape index (κ2) is 9.55. The topological polar surface area (TPSA) is 142 Å². The maximum Gasteiger partial charge on any atom is 0.333 e. The van der Waals surface area contributed by atoms with Crippen LogP contribution in [-0.2, 0) is 21.0 Å². The first-order valence-electron chi connectivity index (χ1n) is 10.2. The molecule has 0 unspecified atom stereocenters. The predicted molar refractivity (Wildman–Crippen MR) is 117 cm³/mol. The standard InChI is InChI=1S/C21H24N6O4S/c22-32(29,30)31-13-16-6-7-17(10-16)25-21-18(11-23-14-24-21)20(28)19-8-9-27(26-19)12-15-4-2-1-3-5-15/h1-5,8-9,11,14,16-17H,6-7,10,12-13H2,(H2,22,29,30)(H,23,24,25)/t16-,17+/m1/s1. The average Bonchev–Trinajstić information content (AvgIpc) is 3.42. The lowest BCUT2D eigenvalue weighted by Gasteiger charge is -2.15. The number of aromatic nitrogens is 4. The van der Waals surface area contributed by atoms with E-state index in [1.165, 1.54) is 12.5 Å². The normalized spacial score (nSPS) is 18.5. The Labute approximate surface area is 186 Å². The number of rotatable bonds is 9. The van der Waals surface area contributed by atoms with Crippen molar-refractivity contribution in [3.05, 3.63) is 71.9 Å². The van der Waals surface area contributed by atoms with Crippen molar-refractivity contribution in [2.75, 3.05) is 11.9 Å². The van der Waals surface area contributed by atoms with Crippen LogP contribution in [-0.4, -0.2) is 46.6 Å². The zero-order valence-electron chi connectivity index (χ0n) is 17.3. The first-order chi connectivity index (χ1) is 15.4. The van der Waals surface area contributed by atoms with Crippen molar-refractivity contribution in [3.8, 4) is 0 Å². The Bertz CT molecular complexity index is 1180. The molecule has 0 aliphatic heterocycles. The largest absolute Gasteiger partial charge is 0.367 e. The molecule has 3 N–H and O–H groups in total. The Morgan fingerprint density at radius 1 is 1.22 bits per heavy atom. The fourth-order valence-electron chi connectivity index (χ4n) is 3.83. The zero-order valence-corrected chi connectivity index (χ0v) is 18.1. The molecule has 10 nitrogen and oxygen atoms in total. The van der Waals surface area contributed by atoms with E-state index in [9.17, 15) is 13.2 Å². The quantitative estimate of drug-likeness (QED) is 0.464. The van der Waals surface area contributed by atoms with Crippen molar-refractivity contribution < 1.29 is 17.4 Å². The van der Waals surface area contributed by atoms with Gasteiger partial charge in [0.2, 0.25) is 5.78 Å². The third-order valence-electron chi connectivity index (χ3n) is 5.37. The van der Waals surface area contributed by atoms with Gasteiger partial charge in [0.25, 0.3) is 0 Å². The van der Waals surface area contributed by atoms with Gasteiger partial charge in [-0.1, -0.05) is 30.3 Å². The van der Waals surface area contributed by atoms with Crippen LogP contribution >= 0.6 is 0 Å². The number of carbonyl (C=O) groups excluding carboxylic acids is 1. The molecule has 2 aromatic heterocycles. The highest BCUT2D eigenvalue weighted by molar-refractivity contribution is 7.84. The van der Waals surface area contributed by atoms with Gasteiger partial charge in [-0.05, 0) is 36.8 Å². The molecular weight excluding hydrogens is 432 g/mol. The molecular formula is C21H24N6O4S. The van der Waals surface area contributed by atoms with Crippen LogP contribution in [0.25, 0.3) is 0 Å². The van der Waals surface area contributed by atoms with Crippen LogP contribution < -0.4 is 10.5 Å². The minimum atomic E-state index is -3.95. The molecule has 1 saturated carbocycles. The van der Waals surface area contributed by atoms with Gasteiger partial charge in [0, 0.05) is 18.4 Å². The van der Waals surface area contributed by atoms with Gasteiger partial charge in [-0.3, -0.25) is 13.7 Å². The zero-order chi connectivity index (χ0) is 22.6.